The predicted molar refractivity (Wildman–Crippen MR) is 104 cm³/mol. The first-order valence-corrected chi connectivity index (χ1v) is 9.65. The van der Waals surface area contributed by atoms with Gasteiger partial charge in [-0.1, -0.05) is 25.5 Å². The Hall–Kier alpha value is -1.78. The van der Waals surface area contributed by atoms with Crippen LogP contribution in [0.25, 0.3) is 0 Å². The molecule has 1 aliphatic carbocycles. The van der Waals surface area contributed by atoms with Gasteiger partial charge in [0.25, 0.3) is 0 Å². The molecular weight excluding hydrogens is 328 g/mol. The maximum Gasteiger partial charge on any atom is 0.410 e. The second kappa shape index (κ2) is 7.85. The highest BCUT2D eigenvalue weighted by Gasteiger charge is 2.28. The Bertz CT molecular complexity index is 603. The Kier molecular flexibility index (Phi) is 6.20. The molecule has 0 aromatic carbocycles. The van der Waals surface area contributed by atoms with Crippen LogP contribution in [0.3, 0.4) is 0 Å². The minimum atomic E-state index is -0.495. The van der Waals surface area contributed by atoms with Crippen LogP contribution in [0.5, 0.6) is 0 Å². The molecule has 2 amide bonds. The third kappa shape index (κ3) is 5.36. The van der Waals surface area contributed by atoms with E-state index in [1.165, 1.54) is 17.6 Å². The highest BCUT2D eigenvalue weighted by Crippen LogP contribution is 2.40. The van der Waals surface area contributed by atoms with Crippen molar-refractivity contribution in [1.82, 2.24) is 9.80 Å². The van der Waals surface area contributed by atoms with Crippen LogP contribution < -0.4 is 0 Å². The number of amides is 2. The third-order valence-electron chi connectivity index (χ3n) is 5.18. The summed E-state index contributed by atoms with van der Waals surface area (Å²) in [5.41, 5.74) is 2.32. The fourth-order valence-corrected chi connectivity index (χ4v) is 3.71. The first kappa shape index (κ1) is 20.5. The molecule has 2 rings (SSSR count). The summed E-state index contributed by atoms with van der Waals surface area (Å²) in [6.45, 7) is 14.4. The highest BCUT2D eigenvalue weighted by molar-refractivity contribution is 5.88. The molecule has 26 heavy (non-hydrogen) atoms. The van der Waals surface area contributed by atoms with Crippen molar-refractivity contribution >= 4 is 12.0 Å². The van der Waals surface area contributed by atoms with Crippen molar-refractivity contribution in [2.75, 3.05) is 26.2 Å². The molecule has 1 fully saturated rings. The maximum atomic E-state index is 12.5. The van der Waals surface area contributed by atoms with Crippen LogP contribution >= 0.6 is 0 Å². The average Bonchev–Trinajstić information content (AvgIpc) is 2.52. The first-order valence-electron chi connectivity index (χ1n) is 9.65. The molecular formula is C21H34N2O3. The van der Waals surface area contributed by atoms with E-state index in [9.17, 15) is 9.59 Å². The van der Waals surface area contributed by atoms with E-state index in [0.29, 0.717) is 26.2 Å². The van der Waals surface area contributed by atoms with Crippen molar-refractivity contribution < 1.29 is 14.3 Å². The molecule has 0 bridgehead atoms. The van der Waals surface area contributed by atoms with Crippen molar-refractivity contribution in [3.8, 4) is 0 Å². The molecule has 1 saturated heterocycles. The zero-order chi connectivity index (χ0) is 19.5. The molecule has 0 aromatic heterocycles. The molecule has 0 aromatic rings. The standard InChI is InChI=1S/C21H34N2O3/c1-16-8-7-11-21(5,6)17(16)9-10-18(24)22-12-14-23(15-13-22)19(25)26-20(2,3)4/h9-10H,7-8,11-15H2,1-6H3/b10-9+. The second-order valence-corrected chi connectivity index (χ2v) is 9.06. The second-order valence-electron chi connectivity index (χ2n) is 9.06. The number of ether oxygens (including phenoxy) is 1. The summed E-state index contributed by atoms with van der Waals surface area (Å²) in [5.74, 6) is 0.0236. The summed E-state index contributed by atoms with van der Waals surface area (Å²) in [5, 5.41) is 0. The monoisotopic (exact) mass is 362 g/mol. The number of carbonyl (C=O) groups is 2. The summed E-state index contributed by atoms with van der Waals surface area (Å²) in [7, 11) is 0. The molecule has 0 unspecified atom stereocenters. The van der Waals surface area contributed by atoms with Crippen LogP contribution in [0.4, 0.5) is 4.79 Å². The van der Waals surface area contributed by atoms with Gasteiger partial charge in [0.05, 0.1) is 0 Å². The van der Waals surface area contributed by atoms with Gasteiger partial charge in [0.15, 0.2) is 0 Å². The fourth-order valence-electron chi connectivity index (χ4n) is 3.71. The molecule has 0 N–H and O–H groups in total. The number of rotatable bonds is 2. The van der Waals surface area contributed by atoms with Gasteiger partial charge in [-0.25, -0.2) is 4.79 Å². The highest BCUT2D eigenvalue weighted by atomic mass is 16.6. The molecule has 1 heterocycles. The summed E-state index contributed by atoms with van der Waals surface area (Å²) in [6.07, 6.45) is 6.91. The average molecular weight is 363 g/mol. The van der Waals surface area contributed by atoms with Gasteiger partial charge in [-0.15, -0.1) is 0 Å². The van der Waals surface area contributed by atoms with Crippen LogP contribution in [-0.2, 0) is 9.53 Å². The lowest BCUT2D eigenvalue weighted by atomic mass is 9.72. The lowest BCUT2D eigenvalue weighted by molar-refractivity contribution is -0.127. The first-order chi connectivity index (χ1) is 12.0. The molecule has 0 atom stereocenters. The number of carbonyl (C=O) groups excluding carboxylic acids is 2. The normalized spacial score (nSPS) is 21.3. The zero-order valence-corrected chi connectivity index (χ0v) is 17.2. The van der Waals surface area contributed by atoms with Crippen LogP contribution in [-0.4, -0.2) is 53.6 Å². The Labute approximate surface area is 158 Å². The van der Waals surface area contributed by atoms with Gasteiger partial charge in [-0.05, 0) is 57.9 Å². The summed E-state index contributed by atoms with van der Waals surface area (Å²) >= 11 is 0. The minimum Gasteiger partial charge on any atom is -0.444 e. The Morgan fingerprint density at radius 3 is 2.19 bits per heavy atom. The van der Waals surface area contributed by atoms with Gasteiger partial charge in [0.2, 0.25) is 5.91 Å². The Morgan fingerprint density at radius 1 is 1.08 bits per heavy atom. The van der Waals surface area contributed by atoms with Crippen LogP contribution in [0.2, 0.25) is 0 Å². The van der Waals surface area contributed by atoms with Crippen LogP contribution in [0.15, 0.2) is 23.3 Å². The van der Waals surface area contributed by atoms with E-state index in [-0.39, 0.29) is 17.4 Å². The van der Waals surface area contributed by atoms with Gasteiger partial charge in [-0.3, -0.25) is 4.79 Å². The fraction of sp³-hybridized carbons (Fsp3) is 0.714. The zero-order valence-electron chi connectivity index (χ0n) is 17.2. The molecule has 146 valence electrons. The lowest BCUT2D eigenvalue weighted by Gasteiger charge is -2.35. The van der Waals surface area contributed by atoms with Crippen molar-refractivity contribution in [2.45, 2.75) is 66.4 Å². The quantitative estimate of drug-likeness (QED) is 0.694. The van der Waals surface area contributed by atoms with E-state index in [2.05, 4.69) is 20.8 Å². The van der Waals surface area contributed by atoms with Gasteiger partial charge < -0.3 is 14.5 Å². The van der Waals surface area contributed by atoms with Crippen molar-refractivity contribution in [1.29, 1.82) is 0 Å². The number of nitrogens with zero attached hydrogens (tertiary/aromatic N) is 2. The van der Waals surface area contributed by atoms with E-state index in [0.717, 1.165) is 12.8 Å². The van der Waals surface area contributed by atoms with E-state index in [1.54, 1.807) is 11.0 Å². The number of hydrogen-bond acceptors (Lipinski definition) is 3. The van der Waals surface area contributed by atoms with E-state index in [1.807, 2.05) is 31.7 Å². The Balaban J connectivity index is 1.91. The Morgan fingerprint density at radius 2 is 1.65 bits per heavy atom. The van der Waals surface area contributed by atoms with Crippen molar-refractivity contribution in [3.63, 3.8) is 0 Å². The largest absolute Gasteiger partial charge is 0.444 e. The van der Waals surface area contributed by atoms with Crippen molar-refractivity contribution in [3.05, 3.63) is 23.3 Å². The minimum absolute atomic E-state index is 0.0236. The van der Waals surface area contributed by atoms with Gasteiger partial charge in [-0.2, -0.15) is 0 Å². The molecule has 5 heteroatoms. The SMILES string of the molecule is CC1=C(/C=C/C(=O)N2CCN(C(=O)OC(C)(C)C)CC2)C(C)(C)CCC1. The van der Waals surface area contributed by atoms with E-state index >= 15 is 0 Å². The summed E-state index contributed by atoms with van der Waals surface area (Å²) in [6, 6.07) is 0. The maximum absolute atomic E-state index is 12.5. The molecule has 0 radical (unpaired) electrons. The summed E-state index contributed by atoms with van der Waals surface area (Å²) < 4.78 is 5.40. The topological polar surface area (TPSA) is 49.9 Å². The number of hydrogen-bond donors (Lipinski definition) is 0. The third-order valence-corrected chi connectivity index (χ3v) is 5.18. The van der Waals surface area contributed by atoms with Crippen LogP contribution in [0, 0.1) is 5.41 Å². The van der Waals surface area contributed by atoms with Gasteiger partial charge in [0, 0.05) is 32.3 Å². The van der Waals surface area contributed by atoms with Crippen molar-refractivity contribution in [2.24, 2.45) is 5.41 Å². The van der Waals surface area contributed by atoms with E-state index < -0.39 is 5.60 Å². The molecule has 1 aliphatic heterocycles. The van der Waals surface area contributed by atoms with Crippen LogP contribution in [0.1, 0.15) is 60.8 Å². The molecule has 0 saturated carbocycles. The number of allylic oxidation sites excluding steroid dienone is 3. The smallest absolute Gasteiger partial charge is 0.410 e. The molecule has 0 spiro atoms. The molecule has 5 nitrogen and oxygen atoms in total. The van der Waals surface area contributed by atoms with E-state index in [4.69, 9.17) is 4.74 Å². The lowest BCUT2D eigenvalue weighted by Crippen LogP contribution is -2.51. The van der Waals surface area contributed by atoms with Gasteiger partial charge in [0.1, 0.15) is 5.60 Å². The summed E-state index contributed by atoms with van der Waals surface area (Å²) in [4.78, 5) is 28.1. The number of piperazine rings is 1. The predicted octanol–water partition coefficient (Wildman–Crippen LogP) is 4.15. The van der Waals surface area contributed by atoms with Gasteiger partial charge >= 0.3 is 6.09 Å². The molecule has 2 aliphatic rings.